The van der Waals surface area contributed by atoms with Gasteiger partial charge in [-0.05, 0) is 42.4 Å². The van der Waals surface area contributed by atoms with Gasteiger partial charge >= 0.3 is 6.18 Å². The van der Waals surface area contributed by atoms with Gasteiger partial charge in [0, 0.05) is 12.0 Å². The summed E-state index contributed by atoms with van der Waals surface area (Å²) in [4.78, 5) is 12.6. The molecule has 0 spiro atoms. The van der Waals surface area contributed by atoms with Gasteiger partial charge in [0.2, 0.25) is 0 Å². The summed E-state index contributed by atoms with van der Waals surface area (Å²) in [6.07, 6.45) is -2.27. The molecule has 4 nitrogen and oxygen atoms in total. The molecule has 1 atom stereocenters. The molecule has 0 saturated heterocycles. The Bertz CT molecular complexity index is 869. The Morgan fingerprint density at radius 1 is 1.30 bits per heavy atom. The molecule has 146 valence electrons. The molecule has 1 heterocycles. The van der Waals surface area contributed by atoms with Crippen molar-refractivity contribution in [1.82, 2.24) is 5.16 Å². The van der Waals surface area contributed by atoms with E-state index in [0.717, 1.165) is 30.2 Å². The molecule has 8 heteroatoms. The molecule has 1 amide bonds. The van der Waals surface area contributed by atoms with Crippen molar-refractivity contribution >= 4 is 23.2 Å². The third kappa shape index (κ3) is 4.13. The summed E-state index contributed by atoms with van der Waals surface area (Å²) in [6, 6.07) is 2.78. The van der Waals surface area contributed by atoms with Crippen molar-refractivity contribution in [2.24, 2.45) is 11.3 Å². The molecule has 1 aromatic heterocycles. The minimum absolute atomic E-state index is 0.0151. The number of nitrogens with zero attached hydrogens (tertiary/aromatic N) is 1. The standard InChI is InChI=1S/C19H20ClF3N2O2/c1-18(2,3)10-5-7-15-12(8-10)16(25-27-15)17(26)24-14-9-11(19(21,22)23)4-6-13(14)20/h4,6,9-10H,5,7-8H2,1-3H3,(H,24,26). The zero-order valence-electron chi connectivity index (χ0n) is 15.2. The minimum Gasteiger partial charge on any atom is -0.360 e. The second-order valence-corrected chi connectivity index (χ2v) is 8.29. The van der Waals surface area contributed by atoms with Crippen LogP contribution in [0, 0.1) is 11.3 Å². The van der Waals surface area contributed by atoms with Gasteiger partial charge in [-0.15, -0.1) is 0 Å². The first-order valence-electron chi connectivity index (χ1n) is 8.62. The van der Waals surface area contributed by atoms with Gasteiger partial charge in [0.1, 0.15) is 5.76 Å². The van der Waals surface area contributed by atoms with Crippen LogP contribution in [0.3, 0.4) is 0 Å². The van der Waals surface area contributed by atoms with Crippen LogP contribution in [0.4, 0.5) is 18.9 Å². The largest absolute Gasteiger partial charge is 0.416 e. The number of hydrogen-bond acceptors (Lipinski definition) is 3. The van der Waals surface area contributed by atoms with Gasteiger partial charge in [-0.3, -0.25) is 4.79 Å². The third-order valence-corrected chi connectivity index (χ3v) is 5.35. The van der Waals surface area contributed by atoms with E-state index in [1.807, 2.05) is 0 Å². The summed E-state index contributed by atoms with van der Waals surface area (Å²) in [6.45, 7) is 6.41. The molecule has 0 bridgehead atoms. The van der Waals surface area contributed by atoms with Crippen LogP contribution < -0.4 is 5.32 Å². The Balaban J connectivity index is 1.86. The van der Waals surface area contributed by atoms with Crippen LogP contribution >= 0.6 is 11.6 Å². The number of fused-ring (bicyclic) bond motifs is 1. The second kappa shape index (κ2) is 6.86. The number of benzene rings is 1. The van der Waals surface area contributed by atoms with Crippen LogP contribution in [-0.2, 0) is 19.0 Å². The van der Waals surface area contributed by atoms with Gasteiger partial charge in [-0.25, -0.2) is 0 Å². The number of hydrogen-bond donors (Lipinski definition) is 1. The van der Waals surface area contributed by atoms with Crippen LogP contribution in [0.1, 0.15) is 54.6 Å². The summed E-state index contributed by atoms with van der Waals surface area (Å²) in [5, 5.41) is 6.31. The molecular formula is C19H20ClF3N2O2. The summed E-state index contributed by atoms with van der Waals surface area (Å²) >= 11 is 5.95. The van der Waals surface area contributed by atoms with Crippen molar-refractivity contribution in [1.29, 1.82) is 0 Å². The summed E-state index contributed by atoms with van der Waals surface area (Å²) in [5.41, 5.74) is -0.115. The SMILES string of the molecule is CC(C)(C)C1CCc2onc(C(=O)Nc3cc(C(F)(F)F)ccc3Cl)c2C1. The Kier molecular flexibility index (Phi) is 5.01. The maximum Gasteiger partial charge on any atom is 0.416 e. The molecule has 0 radical (unpaired) electrons. The third-order valence-electron chi connectivity index (χ3n) is 5.02. The fourth-order valence-corrected chi connectivity index (χ4v) is 3.47. The molecule has 1 aliphatic carbocycles. The number of anilines is 1. The molecule has 1 aromatic carbocycles. The lowest BCUT2D eigenvalue weighted by Crippen LogP contribution is -2.27. The number of amides is 1. The number of rotatable bonds is 2. The average Bonchev–Trinajstić information content (AvgIpc) is 2.98. The molecule has 27 heavy (non-hydrogen) atoms. The quantitative estimate of drug-likeness (QED) is 0.698. The number of carbonyl (C=O) groups is 1. The molecule has 2 aromatic rings. The van der Waals surface area contributed by atoms with Crippen LogP contribution in [0.25, 0.3) is 0 Å². The Morgan fingerprint density at radius 3 is 2.63 bits per heavy atom. The molecule has 1 N–H and O–H groups in total. The lowest BCUT2D eigenvalue weighted by atomic mass is 9.71. The molecule has 1 aliphatic rings. The van der Waals surface area contributed by atoms with E-state index in [0.29, 0.717) is 24.5 Å². The number of alkyl halides is 3. The Hall–Kier alpha value is -2.02. The predicted molar refractivity (Wildman–Crippen MR) is 95.9 cm³/mol. The van der Waals surface area contributed by atoms with E-state index >= 15 is 0 Å². The normalized spacial score (nSPS) is 17.5. The van der Waals surface area contributed by atoms with E-state index in [4.69, 9.17) is 16.1 Å². The molecule has 1 unspecified atom stereocenters. The van der Waals surface area contributed by atoms with E-state index in [2.05, 4.69) is 31.2 Å². The number of carbonyl (C=O) groups excluding carboxylic acids is 1. The van der Waals surface area contributed by atoms with Crippen LogP contribution in [0.2, 0.25) is 5.02 Å². The fraction of sp³-hybridized carbons (Fsp3) is 0.474. The molecule has 0 aliphatic heterocycles. The van der Waals surface area contributed by atoms with Crippen molar-refractivity contribution in [3.05, 3.63) is 45.8 Å². The zero-order chi connectivity index (χ0) is 20.0. The Morgan fingerprint density at radius 2 is 2.00 bits per heavy atom. The topological polar surface area (TPSA) is 55.1 Å². The van der Waals surface area contributed by atoms with Crippen LogP contribution in [0.15, 0.2) is 22.7 Å². The number of aromatic nitrogens is 1. The summed E-state index contributed by atoms with van der Waals surface area (Å²) < 4.78 is 44.0. The van der Waals surface area contributed by atoms with Crippen LogP contribution in [-0.4, -0.2) is 11.1 Å². The van der Waals surface area contributed by atoms with Gasteiger partial charge in [0.25, 0.3) is 5.91 Å². The smallest absolute Gasteiger partial charge is 0.360 e. The van der Waals surface area contributed by atoms with Crippen molar-refractivity contribution in [2.75, 3.05) is 5.32 Å². The van der Waals surface area contributed by atoms with Crippen molar-refractivity contribution in [3.63, 3.8) is 0 Å². The highest BCUT2D eigenvalue weighted by Crippen LogP contribution is 2.39. The highest BCUT2D eigenvalue weighted by molar-refractivity contribution is 6.34. The average molecular weight is 401 g/mol. The van der Waals surface area contributed by atoms with Gasteiger partial charge in [-0.1, -0.05) is 37.5 Å². The number of halogens is 4. The first kappa shape index (κ1) is 19.7. The van der Waals surface area contributed by atoms with E-state index < -0.39 is 17.6 Å². The highest BCUT2D eigenvalue weighted by Gasteiger charge is 2.35. The van der Waals surface area contributed by atoms with Gasteiger partial charge < -0.3 is 9.84 Å². The predicted octanol–water partition coefficient (Wildman–Crippen LogP) is 5.75. The maximum absolute atomic E-state index is 12.9. The second-order valence-electron chi connectivity index (χ2n) is 7.89. The van der Waals surface area contributed by atoms with E-state index in [1.54, 1.807) is 0 Å². The number of aryl methyl sites for hydroxylation is 1. The number of nitrogens with one attached hydrogen (secondary N) is 1. The molecule has 3 rings (SSSR count). The summed E-state index contributed by atoms with van der Waals surface area (Å²) in [5.74, 6) is 0.389. The molecule has 0 saturated carbocycles. The summed E-state index contributed by atoms with van der Waals surface area (Å²) in [7, 11) is 0. The Labute approximate surface area is 160 Å². The van der Waals surface area contributed by atoms with Crippen molar-refractivity contribution in [2.45, 2.75) is 46.2 Å². The maximum atomic E-state index is 12.9. The lowest BCUT2D eigenvalue weighted by molar-refractivity contribution is -0.137. The van der Waals surface area contributed by atoms with Gasteiger partial charge in [-0.2, -0.15) is 13.2 Å². The van der Waals surface area contributed by atoms with Gasteiger partial charge in [0.05, 0.1) is 16.3 Å². The van der Waals surface area contributed by atoms with Crippen molar-refractivity contribution < 1.29 is 22.5 Å². The first-order valence-corrected chi connectivity index (χ1v) is 9.00. The van der Waals surface area contributed by atoms with E-state index in [-0.39, 0.29) is 21.8 Å². The fourth-order valence-electron chi connectivity index (χ4n) is 3.30. The zero-order valence-corrected chi connectivity index (χ0v) is 16.0. The molecular weight excluding hydrogens is 381 g/mol. The highest BCUT2D eigenvalue weighted by atomic mass is 35.5. The lowest BCUT2D eigenvalue weighted by Gasteiger charge is -2.33. The first-order chi connectivity index (χ1) is 12.5. The van der Waals surface area contributed by atoms with Gasteiger partial charge in [0.15, 0.2) is 5.69 Å². The van der Waals surface area contributed by atoms with Crippen molar-refractivity contribution in [3.8, 4) is 0 Å². The monoisotopic (exact) mass is 400 g/mol. The van der Waals surface area contributed by atoms with E-state index in [9.17, 15) is 18.0 Å². The van der Waals surface area contributed by atoms with E-state index in [1.165, 1.54) is 0 Å². The van der Waals surface area contributed by atoms with Crippen LogP contribution in [0.5, 0.6) is 0 Å². The minimum atomic E-state index is -4.53. The molecule has 0 fully saturated rings.